The summed E-state index contributed by atoms with van der Waals surface area (Å²) >= 11 is 0. The minimum Gasteiger partial charge on any atom is -0.329 e. The zero-order chi connectivity index (χ0) is 22.0. The Morgan fingerprint density at radius 3 is 2.10 bits per heavy atom. The van der Waals surface area contributed by atoms with Crippen LogP contribution < -0.4 is 16.4 Å². The molecule has 1 aliphatic rings. The van der Waals surface area contributed by atoms with Crippen LogP contribution in [0.15, 0.2) is 0 Å². The number of urea groups is 1. The van der Waals surface area contributed by atoms with Gasteiger partial charge in [0.25, 0.3) is 0 Å². The first-order chi connectivity index (χ1) is 14.7. The van der Waals surface area contributed by atoms with Gasteiger partial charge in [-0.2, -0.15) is 15.8 Å². The average Bonchev–Trinajstić information content (AvgIpc) is 3.09. The van der Waals surface area contributed by atoms with Gasteiger partial charge in [0.1, 0.15) is 0 Å². The molecule has 1 aliphatic heterocycles. The first kappa shape index (κ1) is 25.6. The molecule has 11 heteroatoms. The molecule has 0 aliphatic carbocycles. The zero-order valence-corrected chi connectivity index (χ0v) is 17.7. The summed E-state index contributed by atoms with van der Waals surface area (Å²) in [6.45, 7) is 9.13. The number of carbonyl (C=O) groups is 1. The zero-order valence-electron chi connectivity index (χ0n) is 17.7. The summed E-state index contributed by atoms with van der Waals surface area (Å²) < 4.78 is 0. The molecular weight excluding hydrogens is 384 g/mol. The van der Waals surface area contributed by atoms with Gasteiger partial charge in [-0.3, -0.25) is 9.80 Å². The number of nitrogens with zero attached hydrogens (tertiary/aromatic N) is 7. The van der Waals surface area contributed by atoms with Crippen molar-refractivity contribution in [2.45, 2.75) is 0 Å². The lowest BCUT2D eigenvalue weighted by atomic mass is 10.4. The molecule has 1 rings (SSSR count). The van der Waals surface area contributed by atoms with E-state index < -0.39 is 0 Å². The Morgan fingerprint density at radius 2 is 1.47 bits per heavy atom. The summed E-state index contributed by atoms with van der Waals surface area (Å²) in [4.78, 5) is 20.3. The van der Waals surface area contributed by atoms with Crippen molar-refractivity contribution in [3.05, 3.63) is 0 Å². The molecule has 1 fully saturated rings. The highest BCUT2D eigenvalue weighted by atomic mass is 16.2. The van der Waals surface area contributed by atoms with Crippen molar-refractivity contribution in [2.24, 2.45) is 5.73 Å². The third-order valence-corrected chi connectivity index (χ3v) is 4.87. The van der Waals surface area contributed by atoms with E-state index in [-0.39, 0.29) is 19.1 Å². The van der Waals surface area contributed by atoms with Crippen LogP contribution in [0.5, 0.6) is 0 Å². The van der Waals surface area contributed by atoms with Gasteiger partial charge in [0, 0.05) is 78.5 Å². The molecule has 0 spiro atoms. The van der Waals surface area contributed by atoms with Gasteiger partial charge >= 0.3 is 6.03 Å². The minimum absolute atomic E-state index is 0.0580. The van der Waals surface area contributed by atoms with E-state index in [1.165, 1.54) is 0 Å². The third-order valence-electron chi connectivity index (χ3n) is 4.87. The minimum atomic E-state index is 0.0580. The van der Waals surface area contributed by atoms with Crippen molar-refractivity contribution in [2.75, 3.05) is 98.2 Å². The van der Waals surface area contributed by atoms with Crippen LogP contribution in [-0.2, 0) is 0 Å². The number of rotatable bonds is 17. The van der Waals surface area contributed by atoms with E-state index in [0.29, 0.717) is 45.8 Å². The summed E-state index contributed by atoms with van der Waals surface area (Å²) in [5.74, 6) is 0. The lowest BCUT2D eigenvalue weighted by molar-refractivity contribution is 0.183. The molecule has 0 aromatic rings. The lowest BCUT2D eigenvalue weighted by Gasteiger charge is -2.25. The Labute approximate surface area is 179 Å². The van der Waals surface area contributed by atoms with E-state index in [0.717, 1.165) is 39.3 Å². The van der Waals surface area contributed by atoms with E-state index in [2.05, 4.69) is 33.7 Å². The molecule has 11 nitrogen and oxygen atoms in total. The van der Waals surface area contributed by atoms with Gasteiger partial charge in [-0.05, 0) is 0 Å². The molecule has 166 valence electrons. The maximum atomic E-state index is 12.6. The van der Waals surface area contributed by atoms with Crippen molar-refractivity contribution >= 4 is 6.03 Å². The third kappa shape index (κ3) is 10.4. The van der Waals surface area contributed by atoms with Gasteiger partial charge in [-0.1, -0.05) is 0 Å². The number of amides is 2. The SMILES string of the molecule is N#CCNCCN(CCN)CCN1CCN(CCNCCN(CC#N)CC#N)C1=O. The summed E-state index contributed by atoms with van der Waals surface area (Å²) in [6.07, 6.45) is 0. The maximum absolute atomic E-state index is 12.6. The summed E-state index contributed by atoms with van der Waals surface area (Å²) in [7, 11) is 0. The quantitative estimate of drug-likeness (QED) is 0.180. The standard InChI is InChI=1S/C19H34N10O/c20-1-5-24-6-13-27(11-4-23)15-16-29-18-17-28(19(29)30)14-8-25-7-12-26(9-2-21)10-3-22/h24-25H,4-18,23H2. The first-order valence-corrected chi connectivity index (χ1v) is 10.4. The number of hydrogen-bond acceptors (Lipinski definition) is 9. The highest BCUT2D eigenvalue weighted by Crippen LogP contribution is 2.07. The van der Waals surface area contributed by atoms with Crippen LogP contribution in [0.2, 0.25) is 0 Å². The fraction of sp³-hybridized carbons (Fsp3) is 0.789. The Kier molecular flexibility index (Phi) is 13.9. The number of carbonyl (C=O) groups excluding carboxylic acids is 1. The number of nitrogens with one attached hydrogen (secondary N) is 2. The second-order valence-electron chi connectivity index (χ2n) is 7.00. The first-order valence-electron chi connectivity index (χ1n) is 10.4. The fourth-order valence-corrected chi connectivity index (χ4v) is 3.20. The van der Waals surface area contributed by atoms with Crippen molar-refractivity contribution < 1.29 is 4.79 Å². The van der Waals surface area contributed by atoms with Crippen LogP contribution in [0.1, 0.15) is 0 Å². The molecular formula is C19H34N10O. The predicted molar refractivity (Wildman–Crippen MR) is 113 cm³/mol. The van der Waals surface area contributed by atoms with E-state index in [1.807, 2.05) is 9.80 Å². The Morgan fingerprint density at radius 1 is 0.833 bits per heavy atom. The lowest BCUT2D eigenvalue weighted by Crippen LogP contribution is -2.43. The molecule has 0 unspecified atom stereocenters. The molecule has 1 saturated heterocycles. The normalized spacial score (nSPS) is 13.7. The van der Waals surface area contributed by atoms with Crippen LogP contribution in [-0.4, -0.2) is 124 Å². The van der Waals surface area contributed by atoms with Crippen molar-refractivity contribution in [1.29, 1.82) is 15.8 Å². The van der Waals surface area contributed by atoms with Gasteiger partial charge in [0.05, 0.1) is 37.8 Å². The monoisotopic (exact) mass is 418 g/mol. The fourth-order valence-electron chi connectivity index (χ4n) is 3.20. The summed E-state index contributed by atoms with van der Waals surface area (Å²) in [6, 6.07) is 6.22. The van der Waals surface area contributed by atoms with Crippen molar-refractivity contribution in [3.63, 3.8) is 0 Å². The van der Waals surface area contributed by atoms with E-state index >= 15 is 0 Å². The molecule has 0 saturated carbocycles. The number of hydrogen-bond donors (Lipinski definition) is 3. The van der Waals surface area contributed by atoms with E-state index in [1.54, 1.807) is 4.90 Å². The van der Waals surface area contributed by atoms with Crippen molar-refractivity contribution in [3.8, 4) is 18.2 Å². The molecule has 0 bridgehead atoms. The number of nitriles is 3. The second-order valence-corrected chi connectivity index (χ2v) is 7.00. The van der Waals surface area contributed by atoms with Crippen LogP contribution >= 0.6 is 0 Å². The maximum Gasteiger partial charge on any atom is 0.320 e. The highest BCUT2D eigenvalue weighted by molar-refractivity contribution is 5.76. The Balaban J connectivity index is 2.24. The average molecular weight is 419 g/mol. The van der Waals surface area contributed by atoms with Crippen LogP contribution in [0.4, 0.5) is 4.79 Å². The topological polar surface area (TPSA) is 151 Å². The van der Waals surface area contributed by atoms with Crippen molar-refractivity contribution in [1.82, 2.24) is 30.2 Å². The molecule has 0 atom stereocenters. The van der Waals surface area contributed by atoms with Gasteiger partial charge in [-0.15, -0.1) is 0 Å². The largest absolute Gasteiger partial charge is 0.329 e. The van der Waals surface area contributed by atoms with E-state index in [9.17, 15) is 4.79 Å². The molecule has 0 radical (unpaired) electrons. The predicted octanol–water partition coefficient (Wildman–Crippen LogP) is -1.96. The molecule has 1 heterocycles. The Bertz CT molecular complexity index is 592. The number of nitrogens with two attached hydrogens (primary N) is 1. The van der Waals surface area contributed by atoms with Crippen LogP contribution in [0.3, 0.4) is 0 Å². The van der Waals surface area contributed by atoms with Gasteiger partial charge in [-0.25, -0.2) is 4.79 Å². The van der Waals surface area contributed by atoms with Gasteiger partial charge in [0.2, 0.25) is 0 Å². The van der Waals surface area contributed by atoms with E-state index in [4.69, 9.17) is 21.5 Å². The van der Waals surface area contributed by atoms with Gasteiger partial charge in [0.15, 0.2) is 0 Å². The Hall–Kier alpha value is -2.46. The molecule has 0 aromatic carbocycles. The second kappa shape index (κ2) is 16.3. The summed E-state index contributed by atoms with van der Waals surface area (Å²) in [5, 5.41) is 32.4. The van der Waals surface area contributed by atoms with Crippen LogP contribution in [0, 0.1) is 34.0 Å². The molecule has 4 N–H and O–H groups in total. The molecule has 0 aromatic heterocycles. The molecule has 2 amide bonds. The summed E-state index contributed by atoms with van der Waals surface area (Å²) in [5.41, 5.74) is 5.68. The van der Waals surface area contributed by atoms with Crippen LogP contribution in [0.25, 0.3) is 0 Å². The molecule has 30 heavy (non-hydrogen) atoms. The smallest absolute Gasteiger partial charge is 0.320 e. The van der Waals surface area contributed by atoms with Gasteiger partial charge < -0.3 is 26.2 Å². The highest BCUT2D eigenvalue weighted by Gasteiger charge is 2.27.